The van der Waals surface area contributed by atoms with E-state index in [4.69, 9.17) is 9.47 Å². The zero-order chi connectivity index (χ0) is 28.3. The van der Waals surface area contributed by atoms with Crippen LogP contribution in [0.1, 0.15) is 61.9 Å². The lowest BCUT2D eigenvalue weighted by Crippen LogP contribution is -2.23. The number of carbonyl (C=O) groups is 1. The first-order valence-corrected chi connectivity index (χ1v) is 12.8. The molecule has 0 aliphatic heterocycles. The molecule has 4 rings (SSSR count). The van der Waals surface area contributed by atoms with Crippen molar-refractivity contribution in [3.8, 4) is 22.8 Å². The molecule has 2 aromatic carbocycles. The van der Waals surface area contributed by atoms with Crippen LogP contribution in [0.4, 0.5) is 17.6 Å². The average molecular weight is 547 g/mol. The highest BCUT2D eigenvalue weighted by molar-refractivity contribution is 5.71. The Hall–Kier alpha value is -3.69. The number of methoxy groups -OCH3 is 1. The first-order chi connectivity index (χ1) is 18.5. The van der Waals surface area contributed by atoms with Crippen LogP contribution in [0.25, 0.3) is 11.3 Å². The molecule has 39 heavy (non-hydrogen) atoms. The number of carboxylic acid groups (broad SMARTS) is 1. The number of aliphatic carboxylic acids is 1. The standard InChI is InChI=1S/C29H30F4N2O4/c1-4-22(28(36)37)25(17-8-9-17)18-6-5-7-21(12-18)39-15-19-14-34-27(26(35-19)16(2)29(31,32)33)23-13-20(38-3)10-11-24(23)30/h5-7,10-14,16-17,22,25H,4,8-9,15H2,1-3H3,(H,36,37)/t16?,22?,25-/m1/s1. The van der Waals surface area contributed by atoms with Crippen molar-refractivity contribution in [2.45, 2.75) is 57.7 Å². The van der Waals surface area contributed by atoms with Crippen molar-refractivity contribution < 1.29 is 36.9 Å². The normalized spacial score (nSPS) is 15.9. The molecule has 1 fully saturated rings. The number of halogens is 4. The summed E-state index contributed by atoms with van der Waals surface area (Å²) in [5, 5.41) is 9.73. The van der Waals surface area contributed by atoms with Gasteiger partial charge >= 0.3 is 12.1 Å². The highest BCUT2D eigenvalue weighted by Gasteiger charge is 2.41. The number of hydrogen-bond acceptors (Lipinski definition) is 5. The summed E-state index contributed by atoms with van der Waals surface area (Å²) < 4.78 is 66.8. The number of benzene rings is 2. The van der Waals surface area contributed by atoms with E-state index in [1.807, 2.05) is 13.0 Å². The maximum absolute atomic E-state index is 14.6. The Morgan fingerprint density at radius 3 is 2.51 bits per heavy atom. The largest absolute Gasteiger partial charge is 0.497 e. The smallest absolute Gasteiger partial charge is 0.397 e. The number of rotatable bonds is 11. The Labute approximate surface area is 224 Å². The van der Waals surface area contributed by atoms with Gasteiger partial charge in [0.25, 0.3) is 0 Å². The monoisotopic (exact) mass is 546 g/mol. The third kappa shape index (κ3) is 6.49. The lowest BCUT2D eigenvalue weighted by molar-refractivity contribution is -0.147. The lowest BCUT2D eigenvalue weighted by Gasteiger charge is -2.24. The molecule has 2 unspecified atom stereocenters. The third-order valence-electron chi connectivity index (χ3n) is 7.13. The molecule has 1 N–H and O–H groups in total. The Kier molecular flexibility index (Phi) is 8.42. The number of carboxylic acids is 1. The summed E-state index contributed by atoms with van der Waals surface area (Å²) in [6.45, 7) is 2.62. The molecule has 1 aromatic heterocycles. The van der Waals surface area contributed by atoms with Gasteiger partial charge in [0.15, 0.2) is 0 Å². The van der Waals surface area contributed by atoms with Gasteiger partial charge in [-0.1, -0.05) is 19.1 Å². The summed E-state index contributed by atoms with van der Waals surface area (Å²) in [6, 6.07) is 10.9. The van der Waals surface area contributed by atoms with Crippen LogP contribution >= 0.6 is 0 Å². The molecule has 208 valence electrons. The fourth-order valence-electron chi connectivity index (χ4n) is 4.83. The molecule has 3 aromatic rings. The zero-order valence-electron chi connectivity index (χ0n) is 21.8. The minimum absolute atomic E-state index is 0.134. The van der Waals surface area contributed by atoms with Gasteiger partial charge in [0, 0.05) is 11.5 Å². The van der Waals surface area contributed by atoms with Crippen LogP contribution in [0.15, 0.2) is 48.7 Å². The van der Waals surface area contributed by atoms with E-state index in [1.54, 1.807) is 18.2 Å². The van der Waals surface area contributed by atoms with E-state index in [9.17, 15) is 27.5 Å². The van der Waals surface area contributed by atoms with Crippen molar-refractivity contribution in [2.75, 3.05) is 7.11 Å². The van der Waals surface area contributed by atoms with E-state index >= 15 is 0 Å². The van der Waals surface area contributed by atoms with Gasteiger partial charge in [-0.05, 0) is 68.0 Å². The van der Waals surface area contributed by atoms with Gasteiger partial charge in [-0.25, -0.2) is 9.37 Å². The van der Waals surface area contributed by atoms with E-state index in [0.29, 0.717) is 18.1 Å². The number of ether oxygens (including phenoxy) is 2. The summed E-state index contributed by atoms with van der Waals surface area (Å²) in [5.74, 6) is -3.27. The highest BCUT2D eigenvalue weighted by atomic mass is 19.4. The maximum Gasteiger partial charge on any atom is 0.397 e. The first-order valence-electron chi connectivity index (χ1n) is 12.8. The molecule has 1 aliphatic carbocycles. The van der Waals surface area contributed by atoms with Crippen LogP contribution in [0.2, 0.25) is 0 Å². The van der Waals surface area contributed by atoms with E-state index in [0.717, 1.165) is 31.4 Å². The molecule has 10 heteroatoms. The molecular weight excluding hydrogens is 516 g/mol. The molecule has 1 aliphatic rings. The van der Waals surface area contributed by atoms with E-state index < -0.39 is 35.5 Å². The number of nitrogens with zero attached hydrogens (tertiary/aromatic N) is 2. The maximum atomic E-state index is 14.6. The molecule has 0 amide bonds. The van der Waals surface area contributed by atoms with Crippen molar-refractivity contribution >= 4 is 5.97 Å². The summed E-state index contributed by atoms with van der Waals surface area (Å²) in [7, 11) is 1.37. The van der Waals surface area contributed by atoms with Crippen LogP contribution < -0.4 is 9.47 Å². The van der Waals surface area contributed by atoms with Crippen molar-refractivity contribution in [3.63, 3.8) is 0 Å². The van der Waals surface area contributed by atoms with Gasteiger partial charge in [-0.3, -0.25) is 9.78 Å². The highest BCUT2D eigenvalue weighted by Crippen LogP contribution is 2.48. The van der Waals surface area contributed by atoms with Gasteiger partial charge in [0.05, 0.1) is 42.2 Å². The number of alkyl halides is 3. The Morgan fingerprint density at radius 2 is 1.90 bits per heavy atom. The van der Waals surface area contributed by atoms with Crippen molar-refractivity contribution in [2.24, 2.45) is 11.8 Å². The van der Waals surface area contributed by atoms with E-state index in [1.165, 1.54) is 25.4 Å². The topological polar surface area (TPSA) is 81.5 Å². The molecule has 1 saturated carbocycles. The predicted molar refractivity (Wildman–Crippen MR) is 136 cm³/mol. The van der Waals surface area contributed by atoms with Crippen LogP contribution in [-0.2, 0) is 11.4 Å². The van der Waals surface area contributed by atoms with Crippen molar-refractivity contribution in [1.82, 2.24) is 9.97 Å². The Balaban J connectivity index is 1.62. The average Bonchev–Trinajstić information content (AvgIpc) is 3.75. The molecule has 3 atom stereocenters. The SMILES string of the molecule is CCC(C(=O)O)[C@@H](c1cccc(OCc2cnc(-c3cc(OC)ccc3F)c(C(C)C(F)(F)F)n2)c1)C1CC1. The van der Waals surface area contributed by atoms with Gasteiger partial charge < -0.3 is 14.6 Å². The van der Waals surface area contributed by atoms with Gasteiger partial charge in [0.1, 0.15) is 23.9 Å². The first kappa shape index (κ1) is 28.3. The minimum Gasteiger partial charge on any atom is -0.497 e. The van der Waals surface area contributed by atoms with Crippen LogP contribution in [0.3, 0.4) is 0 Å². The summed E-state index contributed by atoms with van der Waals surface area (Å²) in [4.78, 5) is 20.2. The quantitative estimate of drug-likeness (QED) is 0.258. The molecule has 0 radical (unpaired) electrons. The molecule has 0 spiro atoms. The van der Waals surface area contributed by atoms with E-state index in [-0.39, 0.29) is 35.2 Å². The molecule has 1 heterocycles. The molecule has 0 saturated heterocycles. The second-order valence-electron chi connectivity index (χ2n) is 9.78. The fourth-order valence-corrected chi connectivity index (χ4v) is 4.83. The summed E-state index contributed by atoms with van der Waals surface area (Å²) in [5.41, 5.74) is 0.182. The van der Waals surface area contributed by atoms with Gasteiger partial charge in [0.2, 0.25) is 0 Å². The van der Waals surface area contributed by atoms with Crippen LogP contribution in [-0.4, -0.2) is 34.3 Å². The zero-order valence-corrected chi connectivity index (χ0v) is 21.8. The van der Waals surface area contributed by atoms with Crippen molar-refractivity contribution in [1.29, 1.82) is 0 Å². The van der Waals surface area contributed by atoms with Crippen LogP contribution in [0, 0.1) is 17.7 Å². The Morgan fingerprint density at radius 1 is 1.15 bits per heavy atom. The van der Waals surface area contributed by atoms with Crippen LogP contribution in [0.5, 0.6) is 11.5 Å². The fraction of sp³-hybridized carbons (Fsp3) is 0.414. The van der Waals surface area contributed by atoms with E-state index in [2.05, 4.69) is 9.97 Å². The Bertz CT molecular complexity index is 1330. The van der Waals surface area contributed by atoms with Crippen molar-refractivity contribution in [3.05, 3.63) is 71.4 Å². The molecule has 0 bridgehead atoms. The predicted octanol–water partition coefficient (Wildman–Crippen LogP) is 7.14. The second-order valence-corrected chi connectivity index (χ2v) is 9.78. The lowest BCUT2D eigenvalue weighted by atomic mass is 9.81. The number of hydrogen-bond donors (Lipinski definition) is 1. The second kappa shape index (κ2) is 11.6. The summed E-state index contributed by atoms with van der Waals surface area (Å²) >= 11 is 0. The summed E-state index contributed by atoms with van der Waals surface area (Å²) in [6.07, 6.45) is -0.942. The molecular formula is C29H30F4N2O4. The third-order valence-corrected chi connectivity index (χ3v) is 7.13. The number of aromatic nitrogens is 2. The van der Waals surface area contributed by atoms with Gasteiger partial charge in [-0.15, -0.1) is 0 Å². The minimum atomic E-state index is -4.63. The van der Waals surface area contributed by atoms with Gasteiger partial charge in [-0.2, -0.15) is 13.2 Å². The molecule has 6 nitrogen and oxygen atoms in total.